The number of hydrogen-bond acceptors (Lipinski definition) is 1. The molecule has 0 spiro atoms. The van der Waals surface area contributed by atoms with E-state index in [-0.39, 0.29) is 17.4 Å². The Morgan fingerprint density at radius 1 is 1.47 bits per heavy atom. The van der Waals surface area contributed by atoms with Gasteiger partial charge in [-0.2, -0.15) is 0 Å². The van der Waals surface area contributed by atoms with Crippen molar-refractivity contribution in [2.75, 3.05) is 0 Å². The van der Waals surface area contributed by atoms with Gasteiger partial charge in [-0.15, -0.1) is 6.42 Å². The van der Waals surface area contributed by atoms with Crippen LogP contribution >= 0.6 is 0 Å². The van der Waals surface area contributed by atoms with Crippen molar-refractivity contribution >= 4 is 5.91 Å². The van der Waals surface area contributed by atoms with Crippen LogP contribution in [0.3, 0.4) is 0 Å². The highest BCUT2D eigenvalue weighted by Gasteiger charge is 2.51. The van der Waals surface area contributed by atoms with Crippen LogP contribution in [0.2, 0.25) is 0 Å². The van der Waals surface area contributed by atoms with Crippen LogP contribution in [0.25, 0.3) is 0 Å². The first-order valence-corrected chi connectivity index (χ1v) is 6.05. The predicted molar refractivity (Wildman–Crippen MR) is 68.4 cm³/mol. The van der Waals surface area contributed by atoms with Gasteiger partial charge >= 0.3 is 0 Å². The molecular formula is C15H17NO. The van der Waals surface area contributed by atoms with Crippen LogP contribution in [0.1, 0.15) is 31.7 Å². The Kier molecular flexibility index (Phi) is 3.19. The van der Waals surface area contributed by atoms with Gasteiger partial charge < -0.3 is 5.32 Å². The van der Waals surface area contributed by atoms with E-state index in [0.29, 0.717) is 0 Å². The highest BCUT2D eigenvalue weighted by atomic mass is 16.2. The molecule has 88 valence electrons. The first-order valence-electron chi connectivity index (χ1n) is 6.05. The van der Waals surface area contributed by atoms with Gasteiger partial charge in [-0.1, -0.05) is 43.2 Å². The SMILES string of the molecule is C#CC(CC)NC(=O)C1(c2ccccc2)CC1. The maximum absolute atomic E-state index is 12.2. The van der Waals surface area contributed by atoms with Crippen molar-refractivity contribution in [2.45, 2.75) is 37.6 Å². The lowest BCUT2D eigenvalue weighted by Gasteiger charge is -2.18. The molecule has 1 saturated carbocycles. The fourth-order valence-electron chi connectivity index (χ4n) is 2.09. The molecule has 2 nitrogen and oxygen atoms in total. The fraction of sp³-hybridized carbons (Fsp3) is 0.400. The Bertz CT molecular complexity index is 440. The minimum Gasteiger partial charge on any atom is -0.342 e. The zero-order chi connectivity index (χ0) is 12.3. The second kappa shape index (κ2) is 4.63. The molecule has 2 heteroatoms. The Morgan fingerprint density at radius 2 is 2.12 bits per heavy atom. The maximum Gasteiger partial charge on any atom is 0.231 e. The van der Waals surface area contributed by atoms with E-state index in [1.165, 1.54) is 0 Å². The molecule has 17 heavy (non-hydrogen) atoms. The van der Waals surface area contributed by atoms with E-state index in [0.717, 1.165) is 24.8 Å². The van der Waals surface area contributed by atoms with Crippen LogP contribution in [0.4, 0.5) is 0 Å². The van der Waals surface area contributed by atoms with Crippen LogP contribution in [-0.4, -0.2) is 11.9 Å². The second-order valence-electron chi connectivity index (χ2n) is 4.55. The molecule has 1 aromatic carbocycles. The molecule has 1 aliphatic carbocycles. The smallest absolute Gasteiger partial charge is 0.231 e. The number of nitrogens with one attached hydrogen (secondary N) is 1. The van der Waals surface area contributed by atoms with Crippen LogP contribution in [-0.2, 0) is 10.2 Å². The van der Waals surface area contributed by atoms with Crippen molar-refractivity contribution in [1.82, 2.24) is 5.32 Å². The first-order chi connectivity index (χ1) is 8.23. The molecule has 1 amide bonds. The third-order valence-electron chi connectivity index (χ3n) is 3.43. The van der Waals surface area contributed by atoms with Crippen LogP contribution in [0.5, 0.6) is 0 Å². The lowest BCUT2D eigenvalue weighted by atomic mass is 9.94. The van der Waals surface area contributed by atoms with E-state index < -0.39 is 0 Å². The zero-order valence-corrected chi connectivity index (χ0v) is 10.1. The summed E-state index contributed by atoms with van der Waals surface area (Å²) in [6, 6.07) is 9.80. The Balaban J connectivity index is 2.13. The average Bonchev–Trinajstić information content (AvgIpc) is 3.18. The third-order valence-corrected chi connectivity index (χ3v) is 3.43. The van der Waals surface area contributed by atoms with E-state index >= 15 is 0 Å². The number of terminal acetylenes is 1. The van der Waals surface area contributed by atoms with Crippen LogP contribution in [0.15, 0.2) is 30.3 Å². The first kappa shape index (κ1) is 11.7. The van der Waals surface area contributed by atoms with Crippen molar-refractivity contribution in [3.63, 3.8) is 0 Å². The standard InChI is InChI=1S/C15H17NO/c1-3-13(4-2)16-14(17)15(10-11-15)12-8-6-5-7-9-12/h1,5-9,13H,4,10-11H2,2H3,(H,16,17). The van der Waals surface area contributed by atoms with E-state index in [4.69, 9.17) is 6.42 Å². The monoisotopic (exact) mass is 227 g/mol. The highest BCUT2D eigenvalue weighted by Crippen LogP contribution is 2.48. The molecule has 0 heterocycles. The number of carbonyl (C=O) groups excluding carboxylic acids is 1. The van der Waals surface area contributed by atoms with Crippen molar-refractivity contribution < 1.29 is 4.79 Å². The molecule has 0 aliphatic heterocycles. The van der Waals surface area contributed by atoms with Gasteiger partial charge in [0.05, 0.1) is 11.5 Å². The molecule has 1 atom stereocenters. The topological polar surface area (TPSA) is 29.1 Å². The summed E-state index contributed by atoms with van der Waals surface area (Å²) in [5.41, 5.74) is 0.787. The van der Waals surface area contributed by atoms with Gasteiger partial charge in [-0.25, -0.2) is 0 Å². The van der Waals surface area contributed by atoms with E-state index in [1.807, 2.05) is 37.3 Å². The summed E-state index contributed by atoms with van der Waals surface area (Å²) in [6.07, 6.45) is 7.98. The molecule has 0 aromatic heterocycles. The minimum atomic E-state index is -0.314. The summed E-state index contributed by atoms with van der Waals surface area (Å²) in [5.74, 6) is 2.68. The molecule has 1 N–H and O–H groups in total. The molecule has 1 unspecified atom stereocenters. The molecule has 0 saturated heterocycles. The number of hydrogen-bond donors (Lipinski definition) is 1. The lowest BCUT2D eigenvalue weighted by Crippen LogP contribution is -2.40. The van der Waals surface area contributed by atoms with Gasteiger partial charge in [-0.05, 0) is 24.8 Å². The van der Waals surface area contributed by atoms with Gasteiger partial charge in [0.15, 0.2) is 0 Å². The van der Waals surface area contributed by atoms with Gasteiger partial charge in [-0.3, -0.25) is 4.79 Å². The zero-order valence-electron chi connectivity index (χ0n) is 10.1. The summed E-state index contributed by atoms with van der Waals surface area (Å²) >= 11 is 0. The van der Waals surface area contributed by atoms with Gasteiger partial charge in [0, 0.05) is 0 Å². The summed E-state index contributed by atoms with van der Waals surface area (Å²) in [4.78, 5) is 12.2. The minimum absolute atomic E-state index is 0.0773. The predicted octanol–water partition coefficient (Wildman–Crippen LogP) is 2.25. The maximum atomic E-state index is 12.2. The number of amides is 1. The van der Waals surface area contributed by atoms with E-state index in [2.05, 4.69) is 11.2 Å². The summed E-state index contributed by atoms with van der Waals surface area (Å²) in [7, 11) is 0. The Hall–Kier alpha value is -1.75. The molecule has 1 aliphatic rings. The molecule has 1 fully saturated rings. The van der Waals surface area contributed by atoms with Crippen LogP contribution < -0.4 is 5.32 Å². The summed E-state index contributed by atoms with van der Waals surface area (Å²) in [5, 5.41) is 2.94. The molecular weight excluding hydrogens is 210 g/mol. The quantitative estimate of drug-likeness (QED) is 0.785. The molecule has 0 radical (unpaired) electrons. The summed E-state index contributed by atoms with van der Waals surface area (Å²) < 4.78 is 0. The fourth-order valence-corrected chi connectivity index (χ4v) is 2.09. The molecule has 1 aromatic rings. The van der Waals surface area contributed by atoms with Crippen molar-refractivity contribution in [3.8, 4) is 12.3 Å². The van der Waals surface area contributed by atoms with Crippen molar-refractivity contribution in [1.29, 1.82) is 0 Å². The van der Waals surface area contributed by atoms with Crippen molar-refractivity contribution in [2.24, 2.45) is 0 Å². The Morgan fingerprint density at radius 3 is 2.59 bits per heavy atom. The average molecular weight is 227 g/mol. The number of carbonyl (C=O) groups is 1. The highest BCUT2D eigenvalue weighted by molar-refractivity contribution is 5.91. The number of rotatable bonds is 4. The third kappa shape index (κ3) is 2.19. The molecule has 0 bridgehead atoms. The van der Waals surface area contributed by atoms with Gasteiger partial charge in [0.2, 0.25) is 5.91 Å². The second-order valence-corrected chi connectivity index (χ2v) is 4.55. The van der Waals surface area contributed by atoms with Crippen LogP contribution in [0, 0.1) is 12.3 Å². The van der Waals surface area contributed by atoms with E-state index in [1.54, 1.807) is 0 Å². The Labute approximate surface area is 102 Å². The normalized spacial score (nSPS) is 17.9. The van der Waals surface area contributed by atoms with E-state index in [9.17, 15) is 4.79 Å². The van der Waals surface area contributed by atoms with Crippen molar-refractivity contribution in [3.05, 3.63) is 35.9 Å². The lowest BCUT2D eigenvalue weighted by molar-refractivity contribution is -0.124. The number of benzene rings is 1. The largest absolute Gasteiger partial charge is 0.342 e. The van der Waals surface area contributed by atoms with Gasteiger partial charge in [0.1, 0.15) is 0 Å². The molecule has 2 rings (SSSR count). The van der Waals surface area contributed by atoms with Gasteiger partial charge in [0.25, 0.3) is 0 Å². The summed E-state index contributed by atoms with van der Waals surface area (Å²) in [6.45, 7) is 1.98.